The molecule has 0 spiro atoms. The number of benzene rings is 1. The molecular formula is C23H24F3N3O4. The molecule has 1 N–H and O–H groups in total. The lowest BCUT2D eigenvalue weighted by molar-refractivity contribution is -0.151. The number of amides is 1. The maximum atomic E-state index is 12.9. The Bertz CT molecular complexity index is 1030. The summed E-state index contributed by atoms with van der Waals surface area (Å²) in [6, 6.07) is 4.54. The van der Waals surface area contributed by atoms with Crippen LogP contribution in [0.3, 0.4) is 0 Å². The standard InChI is InChI=1S/C23H24F3N3O4/c24-23(25,26)17-3-1-2-16(7-17)20-28-18(33-29-20)12-32-19(30)11-27-21(31)22-8-13-4-14(9-22)6-15(5-13)10-22/h1-3,7,13-15H,4-6,8-12H2,(H,27,31). The van der Waals surface area contributed by atoms with Gasteiger partial charge in [0.2, 0.25) is 11.7 Å². The fraction of sp³-hybridized carbons (Fsp3) is 0.565. The Morgan fingerprint density at radius 1 is 1.12 bits per heavy atom. The van der Waals surface area contributed by atoms with Gasteiger partial charge < -0.3 is 14.6 Å². The summed E-state index contributed by atoms with van der Waals surface area (Å²) >= 11 is 0. The molecule has 4 aliphatic rings. The molecule has 0 unspecified atom stereocenters. The Labute approximate surface area is 188 Å². The van der Waals surface area contributed by atoms with E-state index in [2.05, 4.69) is 15.5 Å². The van der Waals surface area contributed by atoms with Crippen molar-refractivity contribution < 1.29 is 32.0 Å². The zero-order valence-corrected chi connectivity index (χ0v) is 17.9. The van der Waals surface area contributed by atoms with Crippen molar-refractivity contribution in [2.45, 2.75) is 51.3 Å². The zero-order chi connectivity index (χ0) is 23.2. The summed E-state index contributed by atoms with van der Waals surface area (Å²) < 4.78 is 48.7. The number of nitrogens with zero attached hydrogens (tertiary/aromatic N) is 2. The summed E-state index contributed by atoms with van der Waals surface area (Å²) in [6.07, 6.45) is 1.89. The number of esters is 1. The average molecular weight is 463 g/mol. The van der Waals surface area contributed by atoms with Crippen LogP contribution in [0, 0.1) is 23.2 Å². The van der Waals surface area contributed by atoms with Crippen molar-refractivity contribution in [3.05, 3.63) is 35.7 Å². The molecule has 4 saturated carbocycles. The molecule has 4 bridgehead atoms. The van der Waals surface area contributed by atoms with Crippen LogP contribution in [0.1, 0.15) is 50.0 Å². The van der Waals surface area contributed by atoms with Gasteiger partial charge in [-0.1, -0.05) is 17.3 Å². The van der Waals surface area contributed by atoms with Gasteiger partial charge in [-0.2, -0.15) is 18.2 Å². The third kappa shape index (κ3) is 4.47. The SMILES string of the molecule is O=C(CNC(=O)C12CC3CC(CC(C3)C1)C2)OCc1nc(-c2cccc(C(F)(F)F)c2)no1. The molecular weight excluding hydrogens is 439 g/mol. The molecule has 0 radical (unpaired) electrons. The molecule has 10 heteroatoms. The van der Waals surface area contributed by atoms with Crippen molar-refractivity contribution in [3.63, 3.8) is 0 Å². The highest BCUT2D eigenvalue weighted by Gasteiger charge is 2.54. The molecule has 0 saturated heterocycles. The first-order valence-corrected chi connectivity index (χ1v) is 11.1. The van der Waals surface area contributed by atoms with Crippen molar-refractivity contribution in [3.8, 4) is 11.4 Å². The van der Waals surface area contributed by atoms with Crippen LogP contribution in [-0.4, -0.2) is 28.6 Å². The van der Waals surface area contributed by atoms with Crippen molar-refractivity contribution in [2.75, 3.05) is 6.54 Å². The quantitative estimate of drug-likeness (QED) is 0.648. The molecule has 2 aromatic rings. The summed E-state index contributed by atoms with van der Waals surface area (Å²) in [4.78, 5) is 29.0. The normalized spacial score (nSPS) is 28.0. The Hall–Kier alpha value is -2.91. The van der Waals surface area contributed by atoms with E-state index in [0.717, 1.165) is 31.4 Å². The van der Waals surface area contributed by atoms with Crippen LogP contribution in [0.25, 0.3) is 11.4 Å². The van der Waals surface area contributed by atoms with E-state index in [1.54, 1.807) is 0 Å². The number of aromatic nitrogens is 2. The van der Waals surface area contributed by atoms with Crippen LogP contribution >= 0.6 is 0 Å². The first kappa shape index (κ1) is 21.9. The van der Waals surface area contributed by atoms with Gasteiger partial charge in [0, 0.05) is 11.0 Å². The third-order valence-electron chi connectivity index (χ3n) is 7.19. The smallest absolute Gasteiger partial charge is 0.416 e. The lowest BCUT2D eigenvalue weighted by Gasteiger charge is -2.55. The Morgan fingerprint density at radius 3 is 2.42 bits per heavy atom. The molecule has 1 amide bonds. The summed E-state index contributed by atoms with van der Waals surface area (Å²) in [5.41, 5.74) is -1.04. The number of halogens is 3. The van der Waals surface area contributed by atoms with Crippen LogP contribution < -0.4 is 5.32 Å². The van der Waals surface area contributed by atoms with Crippen LogP contribution in [0.5, 0.6) is 0 Å². The minimum atomic E-state index is -4.49. The van der Waals surface area contributed by atoms with E-state index in [-0.39, 0.29) is 41.8 Å². The number of carbonyl (C=O) groups is 2. The highest BCUT2D eigenvalue weighted by atomic mass is 19.4. The minimum absolute atomic E-state index is 0.0396. The van der Waals surface area contributed by atoms with Gasteiger partial charge in [0.05, 0.1) is 5.56 Å². The van der Waals surface area contributed by atoms with Crippen molar-refractivity contribution in [1.82, 2.24) is 15.5 Å². The van der Waals surface area contributed by atoms with Gasteiger partial charge in [0.15, 0.2) is 6.61 Å². The predicted molar refractivity (Wildman–Crippen MR) is 108 cm³/mol. The van der Waals surface area contributed by atoms with Gasteiger partial charge in [0.1, 0.15) is 6.54 Å². The van der Waals surface area contributed by atoms with E-state index in [0.29, 0.717) is 17.8 Å². The predicted octanol–water partition coefficient (Wildman–Crippen LogP) is 4.13. The molecule has 6 rings (SSSR count). The van der Waals surface area contributed by atoms with Crippen LogP contribution in [-0.2, 0) is 27.1 Å². The van der Waals surface area contributed by atoms with E-state index >= 15 is 0 Å². The van der Waals surface area contributed by atoms with Crippen molar-refractivity contribution in [1.29, 1.82) is 0 Å². The highest BCUT2D eigenvalue weighted by molar-refractivity contribution is 5.86. The summed E-state index contributed by atoms with van der Waals surface area (Å²) in [6.45, 7) is -0.590. The van der Waals surface area contributed by atoms with Crippen molar-refractivity contribution in [2.24, 2.45) is 23.2 Å². The Morgan fingerprint density at radius 2 is 1.79 bits per heavy atom. The maximum Gasteiger partial charge on any atom is 0.416 e. The number of rotatable bonds is 6. The molecule has 33 heavy (non-hydrogen) atoms. The summed E-state index contributed by atoms with van der Waals surface area (Å²) in [7, 11) is 0. The average Bonchev–Trinajstić information content (AvgIpc) is 3.24. The number of nitrogens with one attached hydrogen (secondary N) is 1. The van der Waals surface area contributed by atoms with E-state index in [9.17, 15) is 22.8 Å². The van der Waals surface area contributed by atoms with Gasteiger partial charge in [-0.15, -0.1) is 0 Å². The number of hydrogen-bond acceptors (Lipinski definition) is 6. The molecule has 1 aromatic carbocycles. The Balaban J connectivity index is 1.13. The monoisotopic (exact) mass is 463 g/mol. The number of hydrogen-bond donors (Lipinski definition) is 1. The van der Waals surface area contributed by atoms with Gasteiger partial charge in [-0.25, -0.2) is 0 Å². The van der Waals surface area contributed by atoms with Gasteiger partial charge in [-0.3, -0.25) is 9.59 Å². The van der Waals surface area contributed by atoms with Crippen molar-refractivity contribution >= 4 is 11.9 Å². The Kier molecular flexibility index (Phi) is 5.41. The lowest BCUT2D eigenvalue weighted by Crippen LogP contribution is -2.54. The molecule has 0 aliphatic heterocycles. The third-order valence-corrected chi connectivity index (χ3v) is 7.19. The largest absolute Gasteiger partial charge is 0.454 e. The molecule has 4 aliphatic carbocycles. The highest BCUT2D eigenvalue weighted by Crippen LogP contribution is 2.60. The van der Waals surface area contributed by atoms with E-state index in [4.69, 9.17) is 9.26 Å². The topological polar surface area (TPSA) is 94.3 Å². The molecule has 1 heterocycles. The molecule has 7 nitrogen and oxygen atoms in total. The first-order valence-electron chi connectivity index (χ1n) is 11.1. The van der Waals surface area contributed by atoms with Crippen LogP contribution in [0.15, 0.2) is 28.8 Å². The van der Waals surface area contributed by atoms with Crippen LogP contribution in [0.4, 0.5) is 13.2 Å². The summed E-state index contributed by atoms with van der Waals surface area (Å²) in [5, 5.41) is 6.39. The minimum Gasteiger partial charge on any atom is -0.454 e. The lowest BCUT2D eigenvalue weighted by atomic mass is 9.49. The fourth-order valence-electron chi connectivity index (χ4n) is 6.19. The van der Waals surface area contributed by atoms with Crippen LogP contribution in [0.2, 0.25) is 0 Å². The molecule has 1 aromatic heterocycles. The maximum absolute atomic E-state index is 12.9. The van der Waals surface area contributed by atoms with Gasteiger partial charge in [-0.05, 0) is 68.4 Å². The number of alkyl halides is 3. The van der Waals surface area contributed by atoms with Gasteiger partial charge in [0.25, 0.3) is 5.89 Å². The van der Waals surface area contributed by atoms with Gasteiger partial charge >= 0.3 is 12.1 Å². The molecule has 0 atom stereocenters. The number of carbonyl (C=O) groups excluding carboxylic acids is 2. The number of ether oxygens (including phenoxy) is 1. The summed E-state index contributed by atoms with van der Waals surface area (Å²) in [5.74, 6) is 1.06. The van der Waals surface area contributed by atoms with E-state index in [1.807, 2.05) is 0 Å². The molecule has 176 valence electrons. The molecule has 4 fully saturated rings. The second-order valence-electron chi connectivity index (χ2n) is 9.63. The zero-order valence-electron chi connectivity index (χ0n) is 17.9. The van der Waals surface area contributed by atoms with E-state index in [1.165, 1.54) is 31.4 Å². The second kappa shape index (κ2) is 8.14. The fourth-order valence-corrected chi connectivity index (χ4v) is 6.19. The first-order chi connectivity index (χ1) is 15.7. The van der Waals surface area contributed by atoms with E-state index < -0.39 is 17.7 Å². The second-order valence-corrected chi connectivity index (χ2v) is 9.63.